The fraction of sp³-hybridized carbons (Fsp3) is 0.923. The third-order valence-corrected chi connectivity index (χ3v) is 4.33. The minimum Gasteiger partial charge on any atom is -0.393 e. The molecule has 1 saturated heterocycles. The molecule has 0 aromatic rings. The van der Waals surface area contributed by atoms with Crippen LogP contribution in [0.1, 0.15) is 33.6 Å². The topological polar surface area (TPSA) is 66.6 Å². The summed E-state index contributed by atoms with van der Waals surface area (Å²) in [5, 5.41) is 9.83. The van der Waals surface area contributed by atoms with Crippen molar-refractivity contribution in [3.05, 3.63) is 0 Å². The minimum atomic E-state index is -0.446. The highest BCUT2D eigenvalue weighted by atomic mass is 16.3. The minimum absolute atomic E-state index is 0.0408. The molecule has 0 spiro atoms. The molecule has 4 heteroatoms. The molecule has 3 N–H and O–H groups in total. The summed E-state index contributed by atoms with van der Waals surface area (Å²) in [6, 6.07) is -0.446. The Hall–Kier alpha value is -0.610. The molecule has 17 heavy (non-hydrogen) atoms. The number of hydrogen-bond donors (Lipinski definition) is 2. The van der Waals surface area contributed by atoms with Crippen molar-refractivity contribution in [3.63, 3.8) is 0 Å². The van der Waals surface area contributed by atoms with E-state index in [0.29, 0.717) is 12.5 Å². The number of nitrogens with zero attached hydrogens (tertiary/aromatic N) is 1. The number of nitrogens with two attached hydrogens (primary N) is 1. The van der Waals surface area contributed by atoms with Gasteiger partial charge in [-0.1, -0.05) is 20.8 Å². The molecule has 0 bridgehead atoms. The molecule has 1 aliphatic heterocycles. The van der Waals surface area contributed by atoms with Crippen LogP contribution in [-0.4, -0.2) is 41.1 Å². The number of aliphatic hydroxyl groups is 1. The molecule has 1 heterocycles. The van der Waals surface area contributed by atoms with Gasteiger partial charge in [-0.3, -0.25) is 4.79 Å². The number of carbonyl (C=O) groups excluding carboxylic acids is 1. The molecule has 2 rings (SSSR count). The highest BCUT2D eigenvalue weighted by Gasteiger charge is 2.45. The quantitative estimate of drug-likeness (QED) is 0.705. The maximum absolute atomic E-state index is 12.2. The second-order valence-corrected chi connectivity index (χ2v) is 6.66. The monoisotopic (exact) mass is 240 g/mol. The number of fused-ring (bicyclic) bond motifs is 1. The van der Waals surface area contributed by atoms with Crippen molar-refractivity contribution >= 4 is 5.91 Å². The van der Waals surface area contributed by atoms with Crippen LogP contribution >= 0.6 is 0 Å². The third-order valence-electron chi connectivity index (χ3n) is 4.33. The fourth-order valence-corrected chi connectivity index (χ4v) is 2.98. The first-order valence-electron chi connectivity index (χ1n) is 6.53. The second kappa shape index (κ2) is 4.25. The predicted octanol–water partition coefficient (Wildman–Crippen LogP) is 0.589. The van der Waals surface area contributed by atoms with E-state index >= 15 is 0 Å². The lowest BCUT2D eigenvalue weighted by Crippen LogP contribution is -2.50. The first kappa shape index (κ1) is 12.8. The maximum Gasteiger partial charge on any atom is 0.240 e. The van der Waals surface area contributed by atoms with E-state index in [-0.39, 0.29) is 23.3 Å². The number of rotatable bonds is 1. The Kier molecular flexibility index (Phi) is 3.21. The van der Waals surface area contributed by atoms with Gasteiger partial charge in [0.05, 0.1) is 12.1 Å². The summed E-state index contributed by atoms with van der Waals surface area (Å²) in [6.07, 6.45) is 1.71. The van der Waals surface area contributed by atoms with Gasteiger partial charge in [-0.05, 0) is 24.2 Å². The molecule has 98 valence electrons. The van der Waals surface area contributed by atoms with Gasteiger partial charge in [0.25, 0.3) is 0 Å². The lowest BCUT2D eigenvalue weighted by molar-refractivity contribution is -0.134. The smallest absolute Gasteiger partial charge is 0.240 e. The van der Waals surface area contributed by atoms with Crippen LogP contribution in [0.15, 0.2) is 0 Å². The van der Waals surface area contributed by atoms with Crippen molar-refractivity contribution in [1.82, 2.24) is 4.90 Å². The number of amides is 1. The van der Waals surface area contributed by atoms with Crippen LogP contribution in [-0.2, 0) is 4.79 Å². The maximum atomic E-state index is 12.2. The first-order valence-corrected chi connectivity index (χ1v) is 6.53. The molecule has 3 unspecified atom stereocenters. The highest BCUT2D eigenvalue weighted by Crippen LogP contribution is 2.38. The number of carbonyl (C=O) groups is 1. The summed E-state index contributed by atoms with van der Waals surface area (Å²) in [7, 11) is 0. The van der Waals surface area contributed by atoms with Gasteiger partial charge in [0.15, 0.2) is 0 Å². The summed E-state index contributed by atoms with van der Waals surface area (Å²) in [4.78, 5) is 14.1. The molecule has 4 atom stereocenters. The number of aliphatic hydroxyl groups excluding tert-OH is 1. The van der Waals surface area contributed by atoms with Crippen LogP contribution in [0, 0.1) is 17.3 Å². The van der Waals surface area contributed by atoms with Crippen molar-refractivity contribution < 1.29 is 9.90 Å². The van der Waals surface area contributed by atoms with Crippen molar-refractivity contribution in [2.45, 2.75) is 45.8 Å². The Morgan fingerprint density at radius 1 is 1.35 bits per heavy atom. The van der Waals surface area contributed by atoms with Crippen LogP contribution in [0.4, 0.5) is 0 Å². The summed E-state index contributed by atoms with van der Waals surface area (Å²) < 4.78 is 0. The molecule has 1 amide bonds. The zero-order valence-electron chi connectivity index (χ0n) is 11.0. The van der Waals surface area contributed by atoms with Crippen LogP contribution in [0.2, 0.25) is 0 Å². The zero-order valence-corrected chi connectivity index (χ0v) is 11.0. The van der Waals surface area contributed by atoms with Gasteiger partial charge in [-0.2, -0.15) is 0 Å². The molecule has 4 nitrogen and oxygen atoms in total. The number of likely N-dealkylation sites (tertiary alicyclic amines) is 1. The van der Waals surface area contributed by atoms with Gasteiger partial charge < -0.3 is 15.7 Å². The Morgan fingerprint density at radius 3 is 2.53 bits per heavy atom. The molecular weight excluding hydrogens is 216 g/mol. The molecule has 0 aromatic carbocycles. The highest BCUT2D eigenvalue weighted by molar-refractivity contribution is 5.82. The largest absolute Gasteiger partial charge is 0.393 e. The molecule has 1 saturated carbocycles. The lowest BCUT2D eigenvalue weighted by atomic mass is 9.86. The summed E-state index contributed by atoms with van der Waals surface area (Å²) in [5.41, 5.74) is 5.80. The van der Waals surface area contributed by atoms with E-state index in [1.165, 1.54) is 0 Å². The van der Waals surface area contributed by atoms with Crippen LogP contribution in [0.3, 0.4) is 0 Å². The van der Waals surface area contributed by atoms with Crippen molar-refractivity contribution in [3.8, 4) is 0 Å². The fourth-order valence-electron chi connectivity index (χ4n) is 2.98. The van der Waals surface area contributed by atoms with E-state index in [0.717, 1.165) is 19.4 Å². The molecule has 1 aliphatic carbocycles. The summed E-state index contributed by atoms with van der Waals surface area (Å²) in [5.74, 6) is 0.811. The molecule has 0 aromatic heterocycles. The average Bonchev–Trinajstić information content (AvgIpc) is 2.78. The Morgan fingerprint density at radius 2 is 2.00 bits per heavy atom. The summed E-state index contributed by atoms with van der Waals surface area (Å²) >= 11 is 0. The van der Waals surface area contributed by atoms with Crippen LogP contribution in [0.25, 0.3) is 0 Å². The van der Waals surface area contributed by atoms with Crippen molar-refractivity contribution in [2.75, 3.05) is 13.1 Å². The van der Waals surface area contributed by atoms with Gasteiger partial charge >= 0.3 is 0 Å². The van der Waals surface area contributed by atoms with Gasteiger partial charge in [0.1, 0.15) is 0 Å². The molecule has 2 fully saturated rings. The van der Waals surface area contributed by atoms with Crippen LogP contribution in [0.5, 0.6) is 0 Å². The van der Waals surface area contributed by atoms with Gasteiger partial charge in [-0.15, -0.1) is 0 Å². The molecular formula is C13H24N2O2. The van der Waals surface area contributed by atoms with E-state index in [1.807, 2.05) is 25.7 Å². The van der Waals surface area contributed by atoms with E-state index in [1.54, 1.807) is 0 Å². The van der Waals surface area contributed by atoms with Crippen molar-refractivity contribution in [2.24, 2.45) is 23.0 Å². The second-order valence-electron chi connectivity index (χ2n) is 6.66. The molecule has 0 radical (unpaired) electrons. The van der Waals surface area contributed by atoms with E-state index in [2.05, 4.69) is 0 Å². The van der Waals surface area contributed by atoms with Gasteiger partial charge in [-0.25, -0.2) is 0 Å². The molecule has 2 aliphatic rings. The summed E-state index contributed by atoms with van der Waals surface area (Å²) in [6.45, 7) is 7.43. The van der Waals surface area contributed by atoms with Gasteiger partial charge in [0, 0.05) is 19.0 Å². The van der Waals surface area contributed by atoms with Crippen LogP contribution < -0.4 is 5.73 Å². The van der Waals surface area contributed by atoms with E-state index < -0.39 is 6.04 Å². The Bertz CT molecular complexity index is 311. The first-order chi connectivity index (χ1) is 7.80. The average molecular weight is 240 g/mol. The Labute approximate surface area is 103 Å². The lowest BCUT2D eigenvalue weighted by Gasteiger charge is -2.30. The zero-order chi connectivity index (χ0) is 12.8. The van der Waals surface area contributed by atoms with E-state index in [4.69, 9.17) is 5.73 Å². The normalized spacial score (nSPS) is 34.9. The Balaban J connectivity index is 2.00. The number of hydrogen-bond acceptors (Lipinski definition) is 3. The van der Waals surface area contributed by atoms with E-state index in [9.17, 15) is 9.90 Å². The third kappa shape index (κ3) is 2.33. The standard InChI is InChI=1S/C13H24N2O2/c1-13(2,3)11(14)12(17)15-6-8-4-5-10(16)9(8)7-15/h8-11,16H,4-7,14H2,1-3H3/t8?,9?,10?,11-/m0/s1. The van der Waals surface area contributed by atoms with Crippen molar-refractivity contribution in [1.29, 1.82) is 0 Å². The van der Waals surface area contributed by atoms with Gasteiger partial charge in [0.2, 0.25) is 5.91 Å². The predicted molar refractivity (Wildman–Crippen MR) is 66.2 cm³/mol. The SMILES string of the molecule is CC(C)(C)[C@@H](N)C(=O)N1CC2CCC(O)C2C1.